The molecule has 1 saturated heterocycles. The zero-order valence-electron chi connectivity index (χ0n) is 12.2. The molecule has 0 radical (unpaired) electrons. The zero-order chi connectivity index (χ0) is 15.5. The second-order valence-corrected chi connectivity index (χ2v) is 7.06. The SMILES string of the molecule is CCC1CN(S(=O)(=O)c2cc(CCl)ccc2OC)CCO1. The molecule has 1 aromatic carbocycles. The molecule has 1 unspecified atom stereocenters. The summed E-state index contributed by atoms with van der Waals surface area (Å²) in [6, 6.07) is 4.99. The minimum atomic E-state index is -3.61. The molecule has 118 valence electrons. The molecule has 0 aliphatic carbocycles. The summed E-state index contributed by atoms with van der Waals surface area (Å²) >= 11 is 5.81. The van der Waals surface area contributed by atoms with Crippen molar-refractivity contribution in [3.63, 3.8) is 0 Å². The first-order valence-electron chi connectivity index (χ1n) is 6.87. The Morgan fingerprint density at radius 2 is 2.24 bits per heavy atom. The van der Waals surface area contributed by atoms with Crippen LogP contribution >= 0.6 is 11.6 Å². The highest BCUT2D eigenvalue weighted by Gasteiger charge is 2.32. The maximum atomic E-state index is 12.8. The first kappa shape index (κ1) is 16.5. The van der Waals surface area contributed by atoms with Gasteiger partial charge in [-0.1, -0.05) is 13.0 Å². The zero-order valence-corrected chi connectivity index (χ0v) is 13.8. The summed E-state index contributed by atoms with van der Waals surface area (Å²) in [4.78, 5) is 0.167. The van der Waals surface area contributed by atoms with Crippen molar-refractivity contribution in [1.29, 1.82) is 0 Å². The highest BCUT2D eigenvalue weighted by atomic mass is 35.5. The number of halogens is 1. The van der Waals surface area contributed by atoms with E-state index < -0.39 is 10.0 Å². The van der Waals surface area contributed by atoms with Crippen molar-refractivity contribution >= 4 is 21.6 Å². The number of rotatable bonds is 5. The Bertz CT molecular complexity index is 591. The summed E-state index contributed by atoms with van der Waals surface area (Å²) in [5.74, 6) is 0.594. The lowest BCUT2D eigenvalue weighted by molar-refractivity contribution is -0.00281. The highest BCUT2D eigenvalue weighted by molar-refractivity contribution is 7.89. The Balaban J connectivity index is 2.38. The van der Waals surface area contributed by atoms with Gasteiger partial charge in [-0.05, 0) is 24.1 Å². The third-order valence-corrected chi connectivity index (χ3v) is 5.75. The number of benzene rings is 1. The quantitative estimate of drug-likeness (QED) is 0.775. The van der Waals surface area contributed by atoms with Gasteiger partial charge in [-0.3, -0.25) is 0 Å². The third kappa shape index (κ3) is 3.51. The molecule has 1 fully saturated rings. The van der Waals surface area contributed by atoms with E-state index >= 15 is 0 Å². The van der Waals surface area contributed by atoms with Crippen molar-refractivity contribution in [1.82, 2.24) is 4.31 Å². The number of hydrogen-bond donors (Lipinski definition) is 0. The fraction of sp³-hybridized carbons (Fsp3) is 0.571. The fourth-order valence-electron chi connectivity index (χ4n) is 2.30. The molecule has 0 amide bonds. The number of hydrogen-bond acceptors (Lipinski definition) is 4. The van der Waals surface area contributed by atoms with Crippen LogP contribution in [0, 0.1) is 0 Å². The van der Waals surface area contributed by atoms with Gasteiger partial charge in [0, 0.05) is 19.0 Å². The Labute approximate surface area is 130 Å². The van der Waals surface area contributed by atoms with Crippen molar-refractivity contribution in [2.24, 2.45) is 0 Å². The minimum absolute atomic E-state index is 0.0595. The van der Waals surface area contributed by atoms with E-state index in [-0.39, 0.29) is 16.9 Å². The molecule has 5 nitrogen and oxygen atoms in total. The van der Waals surface area contributed by atoms with Gasteiger partial charge in [0.25, 0.3) is 0 Å². The normalized spacial score (nSPS) is 20.4. The topological polar surface area (TPSA) is 55.8 Å². The van der Waals surface area contributed by atoms with Crippen molar-refractivity contribution in [3.05, 3.63) is 23.8 Å². The molecule has 2 rings (SSSR count). The highest BCUT2D eigenvalue weighted by Crippen LogP contribution is 2.29. The van der Waals surface area contributed by atoms with Gasteiger partial charge in [0.1, 0.15) is 10.6 Å². The van der Waals surface area contributed by atoms with Crippen LogP contribution in [0.5, 0.6) is 5.75 Å². The maximum Gasteiger partial charge on any atom is 0.246 e. The third-order valence-electron chi connectivity index (χ3n) is 3.56. The van der Waals surface area contributed by atoms with Crippen LogP contribution in [-0.2, 0) is 20.6 Å². The summed E-state index contributed by atoms with van der Waals surface area (Å²) in [6.45, 7) is 3.12. The lowest BCUT2D eigenvalue weighted by Crippen LogP contribution is -2.45. The van der Waals surface area contributed by atoms with E-state index in [1.54, 1.807) is 18.2 Å². The van der Waals surface area contributed by atoms with E-state index in [0.717, 1.165) is 12.0 Å². The largest absolute Gasteiger partial charge is 0.495 e. The van der Waals surface area contributed by atoms with Crippen molar-refractivity contribution < 1.29 is 17.9 Å². The molecule has 7 heteroatoms. The standard InChI is InChI=1S/C14H20ClNO4S/c1-3-12-10-16(6-7-20-12)21(17,18)14-8-11(9-15)4-5-13(14)19-2/h4-5,8,12H,3,6-7,9-10H2,1-2H3. The molecule has 1 aliphatic heterocycles. The number of alkyl halides is 1. The van der Waals surface area contributed by atoms with E-state index in [9.17, 15) is 8.42 Å². The average Bonchev–Trinajstić information content (AvgIpc) is 2.54. The second kappa shape index (κ2) is 6.96. The van der Waals surface area contributed by atoms with Crippen molar-refractivity contribution in [3.8, 4) is 5.75 Å². The van der Waals surface area contributed by atoms with Gasteiger partial charge >= 0.3 is 0 Å². The molecular weight excluding hydrogens is 314 g/mol. The number of sulfonamides is 1. The molecule has 0 bridgehead atoms. The monoisotopic (exact) mass is 333 g/mol. The molecule has 1 atom stereocenters. The first-order chi connectivity index (χ1) is 10.0. The Hall–Kier alpha value is -0.820. The van der Waals surface area contributed by atoms with Gasteiger partial charge < -0.3 is 9.47 Å². The number of methoxy groups -OCH3 is 1. The van der Waals surface area contributed by atoms with E-state index in [2.05, 4.69) is 0 Å². The van der Waals surface area contributed by atoms with Gasteiger partial charge in [-0.2, -0.15) is 4.31 Å². The van der Waals surface area contributed by atoms with Gasteiger partial charge in [-0.15, -0.1) is 11.6 Å². The molecule has 1 aliphatic rings. The summed E-state index contributed by atoms with van der Waals surface area (Å²) < 4.78 is 37.9. The molecule has 1 heterocycles. The van der Waals surface area contributed by atoms with Crippen molar-refractivity contribution in [2.45, 2.75) is 30.2 Å². The van der Waals surface area contributed by atoms with Crippen LogP contribution in [0.25, 0.3) is 0 Å². The van der Waals surface area contributed by atoms with E-state index in [1.807, 2.05) is 6.92 Å². The Morgan fingerprint density at radius 3 is 2.86 bits per heavy atom. The van der Waals surface area contributed by atoms with Crippen LogP contribution in [0.3, 0.4) is 0 Å². The van der Waals surface area contributed by atoms with Gasteiger partial charge in [0.2, 0.25) is 10.0 Å². The molecule has 1 aromatic rings. The fourth-order valence-corrected chi connectivity index (χ4v) is 4.13. The Kier molecular flexibility index (Phi) is 5.48. The molecule has 21 heavy (non-hydrogen) atoms. The van der Waals surface area contributed by atoms with Gasteiger partial charge in [0.05, 0.1) is 19.8 Å². The smallest absolute Gasteiger partial charge is 0.246 e. The molecule has 0 aromatic heterocycles. The predicted octanol–water partition coefficient (Wildman–Crippen LogP) is 2.23. The van der Waals surface area contributed by atoms with Crippen LogP contribution in [0.4, 0.5) is 0 Å². The molecule has 0 N–H and O–H groups in total. The van der Waals surface area contributed by atoms with E-state index in [0.29, 0.717) is 25.4 Å². The average molecular weight is 334 g/mol. The molecular formula is C14H20ClNO4S. The number of nitrogens with zero attached hydrogens (tertiary/aromatic N) is 1. The second-order valence-electron chi connectivity index (χ2n) is 4.88. The van der Waals surface area contributed by atoms with E-state index in [4.69, 9.17) is 21.1 Å². The van der Waals surface area contributed by atoms with Gasteiger partial charge in [0.15, 0.2) is 0 Å². The molecule has 0 spiro atoms. The summed E-state index contributed by atoms with van der Waals surface area (Å²) in [5, 5.41) is 0. The summed E-state index contributed by atoms with van der Waals surface area (Å²) in [7, 11) is -2.15. The van der Waals surface area contributed by atoms with Gasteiger partial charge in [-0.25, -0.2) is 8.42 Å². The lowest BCUT2D eigenvalue weighted by Gasteiger charge is -2.32. The first-order valence-corrected chi connectivity index (χ1v) is 8.85. The number of morpholine rings is 1. The minimum Gasteiger partial charge on any atom is -0.495 e. The van der Waals surface area contributed by atoms with Crippen LogP contribution in [0.1, 0.15) is 18.9 Å². The maximum absolute atomic E-state index is 12.8. The number of ether oxygens (including phenoxy) is 2. The van der Waals surface area contributed by atoms with Crippen molar-refractivity contribution in [2.75, 3.05) is 26.8 Å². The summed E-state index contributed by atoms with van der Waals surface area (Å²) in [5.41, 5.74) is 0.747. The van der Waals surface area contributed by atoms with Crippen LogP contribution < -0.4 is 4.74 Å². The summed E-state index contributed by atoms with van der Waals surface area (Å²) in [6.07, 6.45) is 0.723. The van der Waals surface area contributed by atoms with Crippen LogP contribution in [0.2, 0.25) is 0 Å². The van der Waals surface area contributed by atoms with E-state index in [1.165, 1.54) is 11.4 Å². The Morgan fingerprint density at radius 1 is 1.48 bits per heavy atom. The van der Waals surface area contributed by atoms with Crippen LogP contribution in [0.15, 0.2) is 23.1 Å². The predicted molar refractivity (Wildman–Crippen MR) is 81.3 cm³/mol. The van der Waals surface area contributed by atoms with Crippen LogP contribution in [-0.4, -0.2) is 45.6 Å². The molecule has 0 saturated carbocycles. The lowest BCUT2D eigenvalue weighted by atomic mass is 10.2.